The van der Waals surface area contributed by atoms with Gasteiger partial charge in [-0.2, -0.15) is 4.31 Å². The molecule has 0 saturated carbocycles. The van der Waals surface area contributed by atoms with E-state index >= 15 is 0 Å². The molecule has 1 aliphatic heterocycles. The van der Waals surface area contributed by atoms with Crippen LogP contribution in [-0.2, 0) is 21.2 Å². The zero-order valence-electron chi connectivity index (χ0n) is 15.7. The summed E-state index contributed by atoms with van der Waals surface area (Å²) in [5.41, 5.74) is 0.570. The molecule has 0 unspecified atom stereocenters. The van der Waals surface area contributed by atoms with Gasteiger partial charge < -0.3 is 4.74 Å². The predicted octanol–water partition coefficient (Wildman–Crippen LogP) is 2.45. The van der Waals surface area contributed by atoms with E-state index in [1.165, 1.54) is 46.0 Å². The summed E-state index contributed by atoms with van der Waals surface area (Å²) in [5, 5.41) is 3.71. The molecule has 1 aliphatic rings. The number of thiophene rings is 1. The zero-order chi connectivity index (χ0) is 21.0. The molecule has 0 spiro atoms. The van der Waals surface area contributed by atoms with Gasteiger partial charge in [0.2, 0.25) is 10.0 Å². The van der Waals surface area contributed by atoms with Crippen molar-refractivity contribution in [1.82, 2.24) is 9.62 Å². The van der Waals surface area contributed by atoms with E-state index < -0.39 is 22.0 Å². The first-order chi connectivity index (χ1) is 13.8. The number of carbonyl (C=O) groups is 3. The van der Waals surface area contributed by atoms with Crippen LogP contribution in [0.4, 0.5) is 4.79 Å². The monoisotopic (exact) mass is 436 g/mol. The Morgan fingerprint density at radius 2 is 1.76 bits per heavy atom. The van der Waals surface area contributed by atoms with Gasteiger partial charge in [0.15, 0.2) is 5.78 Å². The number of benzene rings is 1. The minimum Gasteiger partial charge on any atom is -0.453 e. The van der Waals surface area contributed by atoms with Crippen LogP contribution in [0.5, 0.6) is 0 Å². The molecule has 0 atom stereocenters. The normalized spacial score (nSPS) is 14.5. The first-order valence-corrected chi connectivity index (χ1v) is 11.2. The van der Waals surface area contributed by atoms with E-state index in [4.69, 9.17) is 0 Å². The summed E-state index contributed by atoms with van der Waals surface area (Å²) in [4.78, 5) is 36.6. The van der Waals surface area contributed by atoms with Crippen LogP contribution in [-0.4, -0.2) is 50.7 Å². The van der Waals surface area contributed by atoms with E-state index in [0.29, 0.717) is 23.5 Å². The van der Waals surface area contributed by atoms with Gasteiger partial charge in [0.05, 0.1) is 17.6 Å². The minimum absolute atomic E-state index is 0.0419. The second-order valence-corrected chi connectivity index (χ2v) is 9.38. The SMILES string of the molecule is COC(=O)NC(=O)c1ccsc1CC(=O)c1ccc(S(=O)(=O)N2CCCC2)cc1. The number of hydrogen-bond acceptors (Lipinski definition) is 7. The Hall–Kier alpha value is -2.56. The number of ether oxygens (including phenoxy) is 1. The number of sulfonamides is 1. The third-order valence-electron chi connectivity index (χ3n) is 4.59. The number of imide groups is 1. The molecule has 10 heteroatoms. The highest BCUT2D eigenvalue weighted by Crippen LogP contribution is 2.23. The van der Waals surface area contributed by atoms with Crippen LogP contribution >= 0.6 is 11.3 Å². The fourth-order valence-electron chi connectivity index (χ4n) is 3.03. The quantitative estimate of drug-likeness (QED) is 0.697. The Labute approximate surface area is 172 Å². The van der Waals surface area contributed by atoms with Gasteiger partial charge in [-0.3, -0.25) is 14.9 Å². The molecular formula is C19H20N2O6S2. The number of alkyl carbamates (subject to hydrolysis) is 1. The molecule has 0 aliphatic carbocycles. The number of carbonyl (C=O) groups excluding carboxylic acids is 3. The van der Waals surface area contributed by atoms with Gasteiger partial charge in [-0.15, -0.1) is 11.3 Å². The Morgan fingerprint density at radius 1 is 1.10 bits per heavy atom. The van der Waals surface area contributed by atoms with E-state index in [1.807, 2.05) is 0 Å². The van der Waals surface area contributed by atoms with Gasteiger partial charge in [0.1, 0.15) is 0 Å². The molecule has 2 aromatic rings. The molecule has 0 bridgehead atoms. The summed E-state index contributed by atoms with van der Waals surface area (Å²) in [6.45, 7) is 1.02. The number of hydrogen-bond donors (Lipinski definition) is 1. The van der Waals surface area contributed by atoms with Crippen molar-refractivity contribution in [2.45, 2.75) is 24.2 Å². The first-order valence-electron chi connectivity index (χ1n) is 8.92. The lowest BCUT2D eigenvalue weighted by Crippen LogP contribution is -2.30. The summed E-state index contributed by atoms with van der Waals surface area (Å²) in [5.74, 6) is -0.905. The summed E-state index contributed by atoms with van der Waals surface area (Å²) in [6.07, 6.45) is 0.776. The third-order valence-corrected chi connectivity index (χ3v) is 7.43. The molecule has 3 rings (SSSR count). The Kier molecular flexibility index (Phi) is 6.46. The molecule has 29 heavy (non-hydrogen) atoms. The Bertz CT molecular complexity index is 1020. The maximum Gasteiger partial charge on any atom is 0.413 e. The van der Waals surface area contributed by atoms with Crippen LogP contribution in [0.2, 0.25) is 0 Å². The lowest BCUT2D eigenvalue weighted by Gasteiger charge is -2.15. The van der Waals surface area contributed by atoms with Gasteiger partial charge in [-0.25, -0.2) is 13.2 Å². The van der Waals surface area contributed by atoms with E-state index in [0.717, 1.165) is 20.0 Å². The molecule has 0 radical (unpaired) electrons. The summed E-state index contributed by atoms with van der Waals surface area (Å²) in [7, 11) is -2.39. The van der Waals surface area contributed by atoms with Gasteiger partial charge >= 0.3 is 6.09 Å². The van der Waals surface area contributed by atoms with Crippen molar-refractivity contribution in [3.8, 4) is 0 Å². The van der Waals surface area contributed by atoms with Crippen LogP contribution in [0.15, 0.2) is 40.6 Å². The average molecular weight is 437 g/mol. The van der Waals surface area contributed by atoms with E-state index in [1.54, 1.807) is 5.38 Å². The van der Waals surface area contributed by atoms with Crippen LogP contribution in [0.25, 0.3) is 0 Å². The molecule has 154 valence electrons. The maximum absolute atomic E-state index is 12.6. The molecule has 2 amide bonds. The highest BCUT2D eigenvalue weighted by molar-refractivity contribution is 7.89. The number of amides is 2. The second kappa shape index (κ2) is 8.85. The molecular weight excluding hydrogens is 416 g/mol. The average Bonchev–Trinajstić information content (AvgIpc) is 3.40. The molecule has 1 aromatic carbocycles. The number of nitrogens with one attached hydrogen (secondary N) is 1. The molecule has 1 aromatic heterocycles. The smallest absolute Gasteiger partial charge is 0.413 e. The van der Waals surface area contributed by atoms with E-state index in [2.05, 4.69) is 10.1 Å². The molecule has 2 heterocycles. The van der Waals surface area contributed by atoms with Crippen molar-refractivity contribution in [1.29, 1.82) is 0 Å². The van der Waals surface area contributed by atoms with Gasteiger partial charge in [0.25, 0.3) is 5.91 Å². The maximum atomic E-state index is 12.6. The van der Waals surface area contributed by atoms with Crippen molar-refractivity contribution in [2.24, 2.45) is 0 Å². The van der Waals surface area contributed by atoms with Crippen molar-refractivity contribution in [3.05, 3.63) is 51.7 Å². The zero-order valence-corrected chi connectivity index (χ0v) is 17.3. The van der Waals surface area contributed by atoms with Gasteiger partial charge in [-0.1, -0.05) is 12.1 Å². The van der Waals surface area contributed by atoms with Gasteiger partial charge in [0, 0.05) is 30.0 Å². The van der Waals surface area contributed by atoms with Crippen LogP contribution < -0.4 is 5.32 Å². The second-order valence-electron chi connectivity index (χ2n) is 6.44. The number of methoxy groups -OCH3 is 1. The molecule has 1 N–H and O–H groups in total. The van der Waals surface area contributed by atoms with Crippen molar-refractivity contribution in [2.75, 3.05) is 20.2 Å². The minimum atomic E-state index is -3.54. The molecule has 8 nitrogen and oxygen atoms in total. The van der Waals surface area contributed by atoms with Crippen LogP contribution in [0, 0.1) is 0 Å². The fraction of sp³-hybridized carbons (Fsp3) is 0.316. The lowest BCUT2D eigenvalue weighted by molar-refractivity contribution is 0.0936. The summed E-state index contributed by atoms with van der Waals surface area (Å²) >= 11 is 1.22. The van der Waals surface area contributed by atoms with E-state index in [9.17, 15) is 22.8 Å². The van der Waals surface area contributed by atoms with Crippen LogP contribution in [0.1, 0.15) is 38.4 Å². The Morgan fingerprint density at radius 3 is 2.38 bits per heavy atom. The summed E-state index contributed by atoms with van der Waals surface area (Å²) < 4.78 is 31.0. The highest BCUT2D eigenvalue weighted by atomic mass is 32.2. The largest absolute Gasteiger partial charge is 0.453 e. The standard InChI is InChI=1S/C19H20N2O6S2/c1-27-19(24)20-18(23)15-8-11-28-17(15)12-16(22)13-4-6-14(7-5-13)29(25,26)21-9-2-3-10-21/h4-8,11H,2-3,9-10,12H2,1H3,(H,20,23,24). The number of ketones is 1. The first kappa shape index (κ1) is 21.2. The number of rotatable bonds is 6. The highest BCUT2D eigenvalue weighted by Gasteiger charge is 2.27. The van der Waals surface area contributed by atoms with Crippen molar-refractivity contribution < 1.29 is 27.5 Å². The van der Waals surface area contributed by atoms with Gasteiger partial charge in [-0.05, 0) is 36.4 Å². The fourth-order valence-corrected chi connectivity index (χ4v) is 5.42. The molecule has 1 fully saturated rings. The lowest BCUT2D eigenvalue weighted by atomic mass is 10.1. The topological polar surface area (TPSA) is 110 Å². The predicted molar refractivity (Wildman–Crippen MR) is 107 cm³/mol. The number of nitrogens with zero attached hydrogens (tertiary/aromatic N) is 1. The van der Waals surface area contributed by atoms with Crippen LogP contribution in [0.3, 0.4) is 0 Å². The van der Waals surface area contributed by atoms with Crippen molar-refractivity contribution >= 4 is 39.1 Å². The number of Topliss-reactive ketones (excluding diaryl/α,β-unsaturated/α-hetero) is 1. The molecule has 1 saturated heterocycles. The summed E-state index contributed by atoms with van der Waals surface area (Å²) in [6, 6.07) is 7.35. The van der Waals surface area contributed by atoms with E-state index in [-0.39, 0.29) is 22.7 Å². The third kappa shape index (κ3) is 4.72. The Balaban J connectivity index is 1.72. The van der Waals surface area contributed by atoms with Crippen molar-refractivity contribution in [3.63, 3.8) is 0 Å².